The van der Waals surface area contributed by atoms with Crippen molar-refractivity contribution in [2.24, 2.45) is 0 Å². The quantitative estimate of drug-likeness (QED) is 0.372. The predicted molar refractivity (Wildman–Crippen MR) is 110 cm³/mol. The molecule has 2 aromatic carbocycles. The maximum Gasteiger partial charge on any atom is 0.404 e. The van der Waals surface area contributed by atoms with Gasteiger partial charge in [-0.3, -0.25) is 0 Å². The number of aromatic nitrogens is 1. The van der Waals surface area contributed by atoms with Crippen LogP contribution in [0.25, 0.3) is 11.3 Å². The first-order valence-corrected chi connectivity index (χ1v) is 8.92. The lowest BCUT2D eigenvalue weighted by Crippen LogP contribution is -2.20. The van der Waals surface area contributed by atoms with Crippen LogP contribution in [-0.4, -0.2) is 21.3 Å². The number of alkyl halides is 1. The van der Waals surface area contributed by atoms with E-state index < -0.39 is 12.8 Å². The zero-order valence-electron chi connectivity index (χ0n) is 15.1. The number of hydrogen-bond donors (Lipinski definition) is 5. The van der Waals surface area contributed by atoms with Crippen molar-refractivity contribution in [1.82, 2.24) is 10.3 Å². The second-order valence-corrected chi connectivity index (χ2v) is 6.63. The van der Waals surface area contributed by atoms with Gasteiger partial charge >= 0.3 is 6.09 Å². The molecule has 0 aliphatic rings. The Labute approximate surface area is 171 Å². The molecule has 9 heteroatoms. The summed E-state index contributed by atoms with van der Waals surface area (Å²) >= 11 is 5.91. The number of benzene rings is 2. The van der Waals surface area contributed by atoms with Gasteiger partial charge in [-0.1, -0.05) is 17.7 Å². The van der Waals surface area contributed by atoms with Crippen LogP contribution in [0.2, 0.25) is 5.02 Å². The molecule has 0 atom stereocenters. The highest BCUT2D eigenvalue weighted by Crippen LogP contribution is 2.33. The van der Waals surface area contributed by atoms with Crippen LogP contribution in [0.4, 0.5) is 26.4 Å². The molecule has 1 aromatic heterocycles. The van der Waals surface area contributed by atoms with Crippen molar-refractivity contribution in [2.75, 3.05) is 11.1 Å². The summed E-state index contributed by atoms with van der Waals surface area (Å²) in [5, 5.41) is 24.7. The highest BCUT2D eigenvalue weighted by molar-refractivity contribution is 6.30. The molecule has 0 saturated heterocycles. The van der Waals surface area contributed by atoms with Gasteiger partial charge in [-0.15, -0.1) is 0 Å². The Bertz CT molecular complexity index is 1060. The Morgan fingerprint density at radius 1 is 1.14 bits per heavy atom. The number of nitrogen functional groups attached to an aromatic ring is 1. The van der Waals surface area contributed by atoms with Gasteiger partial charge in [0.1, 0.15) is 18.2 Å². The maximum atomic E-state index is 13.3. The first-order valence-electron chi connectivity index (χ1n) is 8.54. The third kappa shape index (κ3) is 4.85. The van der Waals surface area contributed by atoms with E-state index in [0.29, 0.717) is 38.8 Å². The molecule has 0 unspecified atom stereocenters. The molecule has 6 N–H and O–H groups in total. The molecule has 0 spiro atoms. The SMILES string of the molecule is Nc1nc(-c2cc(Nc3ccc(Cl)cc3CF)ccc2O)ccc1CNC(=O)O. The third-order valence-electron chi connectivity index (χ3n) is 4.21. The minimum absolute atomic E-state index is 0.0133. The lowest BCUT2D eigenvalue weighted by Gasteiger charge is -2.13. The fourth-order valence-electron chi connectivity index (χ4n) is 2.74. The van der Waals surface area contributed by atoms with E-state index in [4.69, 9.17) is 22.4 Å². The van der Waals surface area contributed by atoms with Gasteiger partial charge < -0.3 is 26.6 Å². The number of amides is 1. The van der Waals surface area contributed by atoms with Crippen molar-refractivity contribution >= 4 is 34.9 Å². The van der Waals surface area contributed by atoms with Gasteiger partial charge in [0.05, 0.1) is 5.69 Å². The van der Waals surface area contributed by atoms with E-state index >= 15 is 0 Å². The lowest BCUT2D eigenvalue weighted by atomic mass is 10.1. The molecule has 150 valence electrons. The number of hydrogen-bond acceptors (Lipinski definition) is 5. The minimum atomic E-state index is -1.17. The molecule has 0 aliphatic heterocycles. The number of nitrogens with one attached hydrogen (secondary N) is 2. The molecule has 7 nitrogen and oxygen atoms in total. The van der Waals surface area contributed by atoms with Gasteiger partial charge in [-0.2, -0.15) is 0 Å². The van der Waals surface area contributed by atoms with Crippen LogP contribution in [0, 0.1) is 0 Å². The number of nitrogens with zero attached hydrogens (tertiary/aromatic N) is 1. The fourth-order valence-corrected chi connectivity index (χ4v) is 2.94. The molecule has 0 saturated carbocycles. The van der Waals surface area contributed by atoms with Crippen LogP contribution in [0.5, 0.6) is 5.75 Å². The maximum absolute atomic E-state index is 13.3. The molecule has 0 fully saturated rings. The van der Waals surface area contributed by atoms with Gasteiger partial charge in [-0.05, 0) is 42.5 Å². The second-order valence-electron chi connectivity index (χ2n) is 6.19. The highest BCUT2D eigenvalue weighted by atomic mass is 35.5. The van der Waals surface area contributed by atoms with Crippen molar-refractivity contribution in [3.8, 4) is 17.0 Å². The highest BCUT2D eigenvalue weighted by Gasteiger charge is 2.12. The van der Waals surface area contributed by atoms with Crippen LogP contribution in [0.15, 0.2) is 48.5 Å². The van der Waals surface area contributed by atoms with Gasteiger partial charge in [-0.25, -0.2) is 14.2 Å². The van der Waals surface area contributed by atoms with E-state index in [2.05, 4.69) is 15.6 Å². The molecule has 0 aliphatic carbocycles. The van der Waals surface area contributed by atoms with Crippen molar-refractivity contribution in [2.45, 2.75) is 13.2 Å². The number of phenolic OH excluding ortho intramolecular Hbond substituents is 1. The Balaban J connectivity index is 1.90. The molecular weight excluding hydrogens is 399 g/mol. The molecule has 0 radical (unpaired) electrons. The molecule has 0 bridgehead atoms. The van der Waals surface area contributed by atoms with Crippen molar-refractivity contribution in [3.63, 3.8) is 0 Å². The second kappa shape index (κ2) is 8.66. The summed E-state index contributed by atoms with van der Waals surface area (Å²) in [6.07, 6.45) is -1.17. The Morgan fingerprint density at radius 2 is 1.93 bits per heavy atom. The first kappa shape index (κ1) is 20.2. The normalized spacial score (nSPS) is 10.6. The molecular formula is C20H18ClFN4O3. The zero-order chi connectivity index (χ0) is 21.0. The van der Waals surface area contributed by atoms with Gasteiger partial charge in [0, 0.05) is 39.6 Å². The van der Waals surface area contributed by atoms with E-state index in [1.54, 1.807) is 36.4 Å². The fraction of sp³-hybridized carbons (Fsp3) is 0.100. The summed E-state index contributed by atoms with van der Waals surface area (Å²) < 4.78 is 13.3. The van der Waals surface area contributed by atoms with Crippen molar-refractivity contribution in [3.05, 3.63) is 64.7 Å². The van der Waals surface area contributed by atoms with E-state index in [-0.39, 0.29) is 18.1 Å². The monoisotopic (exact) mass is 416 g/mol. The van der Waals surface area contributed by atoms with Gasteiger partial charge in [0.15, 0.2) is 0 Å². The molecule has 1 amide bonds. The predicted octanol–water partition coefficient (Wildman–Crippen LogP) is 4.67. The number of halogens is 2. The Hall–Kier alpha value is -3.52. The third-order valence-corrected chi connectivity index (χ3v) is 4.44. The summed E-state index contributed by atoms with van der Waals surface area (Å²) in [5.74, 6) is 0.132. The lowest BCUT2D eigenvalue weighted by molar-refractivity contribution is 0.194. The van der Waals surface area contributed by atoms with Crippen LogP contribution >= 0.6 is 11.6 Å². The van der Waals surface area contributed by atoms with Crippen molar-refractivity contribution in [1.29, 1.82) is 0 Å². The summed E-state index contributed by atoms with van der Waals surface area (Å²) in [6.45, 7) is -0.664. The van der Waals surface area contributed by atoms with Crippen LogP contribution in [0.1, 0.15) is 11.1 Å². The molecule has 3 rings (SSSR count). The molecule has 1 heterocycles. The number of aromatic hydroxyl groups is 1. The topological polar surface area (TPSA) is 121 Å². The summed E-state index contributed by atoms with van der Waals surface area (Å²) in [5.41, 5.74) is 8.81. The number of nitrogens with two attached hydrogens (primary N) is 1. The minimum Gasteiger partial charge on any atom is -0.507 e. The number of pyridine rings is 1. The van der Waals surface area contributed by atoms with E-state index in [9.17, 15) is 14.3 Å². The first-order chi connectivity index (χ1) is 13.9. The van der Waals surface area contributed by atoms with Crippen LogP contribution in [-0.2, 0) is 13.2 Å². The van der Waals surface area contributed by atoms with Crippen LogP contribution in [0.3, 0.4) is 0 Å². The zero-order valence-corrected chi connectivity index (χ0v) is 15.9. The number of anilines is 3. The average molecular weight is 417 g/mol. The summed E-state index contributed by atoms with van der Waals surface area (Å²) in [6, 6.07) is 12.9. The summed E-state index contributed by atoms with van der Waals surface area (Å²) in [7, 11) is 0. The van der Waals surface area contributed by atoms with E-state index in [0.717, 1.165) is 0 Å². The largest absolute Gasteiger partial charge is 0.507 e. The molecule has 3 aromatic rings. The smallest absolute Gasteiger partial charge is 0.404 e. The molecule has 29 heavy (non-hydrogen) atoms. The van der Waals surface area contributed by atoms with E-state index in [1.165, 1.54) is 12.1 Å². The van der Waals surface area contributed by atoms with Gasteiger partial charge in [0.25, 0.3) is 0 Å². The van der Waals surface area contributed by atoms with Crippen LogP contribution < -0.4 is 16.4 Å². The number of phenols is 1. The van der Waals surface area contributed by atoms with E-state index in [1.807, 2.05) is 0 Å². The number of carboxylic acid groups (broad SMARTS) is 1. The Morgan fingerprint density at radius 3 is 2.62 bits per heavy atom. The Kier molecular flexibility index (Phi) is 6.04. The average Bonchev–Trinajstić information content (AvgIpc) is 2.69. The summed E-state index contributed by atoms with van der Waals surface area (Å²) in [4.78, 5) is 14.9. The standard InChI is InChI=1S/C20H18ClFN4O3/c21-13-2-5-16(12(7-13)9-22)25-14-3-6-18(27)15(8-14)17-4-1-11(19(23)26-17)10-24-20(28)29/h1-8,24-25,27H,9-10H2,(H2,23,26)(H,28,29). The van der Waals surface area contributed by atoms with Crippen molar-refractivity contribution < 1.29 is 19.4 Å². The number of rotatable bonds is 6. The number of carbonyl (C=O) groups is 1. The van der Waals surface area contributed by atoms with Gasteiger partial charge in [0.2, 0.25) is 0 Å².